The predicted molar refractivity (Wildman–Crippen MR) is 132 cm³/mol. The summed E-state index contributed by atoms with van der Waals surface area (Å²) in [5.74, 6) is 0.435. The molecule has 0 spiro atoms. The van der Waals surface area contributed by atoms with Crippen LogP contribution in [-0.4, -0.2) is 30.1 Å². The first-order valence-electron chi connectivity index (χ1n) is 10.9. The summed E-state index contributed by atoms with van der Waals surface area (Å²) in [7, 11) is 0. The Labute approximate surface area is 205 Å². The lowest BCUT2D eigenvalue weighted by molar-refractivity contribution is -0.140. The van der Waals surface area contributed by atoms with E-state index in [-0.39, 0.29) is 19.0 Å². The molecule has 0 fully saturated rings. The molecule has 0 saturated heterocycles. The number of aliphatic hydroxyl groups is 1. The van der Waals surface area contributed by atoms with E-state index in [1.807, 2.05) is 42.5 Å². The Bertz CT molecular complexity index is 1290. The molecule has 0 radical (unpaired) electrons. The first kappa shape index (κ1) is 22.4. The quantitative estimate of drug-likeness (QED) is 0.460. The first-order valence-corrected chi connectivity index (χ1v) is 11.7. The molecule has 6 nitrogen and oxygen atoms in total. The zero-order valence-electron chi connectivity index (χ0n) is 18.2. The SMILES string of the molecule is O=C(/C=C/c1ccc2c(c1)OCO2)C[C@]1(O)C(=O)N(CCc2ccccc2)c2ccc(Br)cc21. The van der Waals surface area contributed by atoms with E-state index < -0.39 is 11.5 Å². The van der Waals surface area contributed by atoms with Crippen LogP contribution in [0.3, 0.4) is 0 Å². The van der Waals surface area contributed by atoms with Crippen LogP contribution in [0, 0.1) is 0 Å². The highest BCUT2D eigenvalue weighted by Gasteiger charge is 2.50. The number of hydrogen-bond donors (Lipinski definition) is 1. The molecule has 34 heavy (non-hydrogen) atoms. The molecule has 2 heterocycles. The van der Waals surface area contributed by atoms with E-state index in [9.17, 15) is 14.7 Å². The molecule has 3 aromatic rings. The third kappa shape index (κ3) is 4.24. The van der Waals surface area contributed by atoms with Gasteiger partial charge in [-0.2, -0.15) is 0 Å². The zero-order chi connectivity index (χ0) is 23.7. The van der Waals surface area contributed by atoms with Crippen LogP contribution >= 0.6 is 15.9 Å². The van der Waals surface area contributed by atoms with Gasteiger partial charge in [0.05, 0.1) is 12.1 Å². The highest BCUT2D eigenvalue weighted by molar-refractivity contribution is 9.10. The molecule has 1 N–H and O–H groups in total. The van der Waals surface area contributed by atoms with Crippen molar-refractivity contribution in [1.82, 2.24) is 0 Å². The molecule has 0 saturated carbocycles. The van der Waals surface area contributed by atoms with Crippen molar-refractivity contribution in [2.45, 2.75) is 18.4 Å². The molecule has 0 unspecified atom stereocenters. The Hall–Kier alpha value is -3.42. The Morgan fingerprint density at radius 2 is 1.85 bits per heavy atom. The van der Waals surface area contributed by atoms with Crippen molar-refractivity contribution in [1.29, 1.82) is 0 Å². The van der Waals surface area contributed by atoms with E-state index in [4.69, 9.17) is 9.47 Å². The number of carbonyl (C=O) groups is 2. The maximum atomic E-state index is 13.4. The number of carbonyl (C=O) groups excluding carboxylic acids is 2. The van der Waals surface area contributed by atoms with Crippen molar-refractivity contribution >= 4 is 39.4 Å². The minimum atomic E-state index is -1.92. The molecule has 2 aliphatic rings. The van der Waals surface area contributed by atoms with Crippen LogP contribution in [0.2, 0.25) is 0 Å². The lowest BCUT2D eigenvalue weighted by atomic mass is 9.89. The number of allylic oxidation sites excluding steroid dienone is 1. The van der Waals surface area contributed by atoms with E-state index in [0.717, 1.165) is 15.6 Å². The van der Waals surface area contributed by atoms with Gasteiger partial charge < -0.3 is 19.5 Å². The van der Waals surface area contributed by atoms with Crippen molar-refractivity contribution in [3.63, 3.8) is 0 Å². The second-order valence-electron chi connectivity index (χ2n) is 8.30. The Morgan fingerprint density at radius 3 is 2.68 bits per heavy atom. The predicted octanol–water partition coefficient (Wildman–Crippen LogP) is 4.63. The van der Waals surface area contributed by atoms with Crippen molar-refractivity contribution in [3.05, 3.63) is 94.0 Å². The number of amides is 1. The number of benzene rings is 3. The highest BCUT2D eigenvalue weighted by Crippen LogP contribution is 2.44. The number of halogens is 1. The summed E-state index contributed by atoms with van der Waals surface area (Å²) in [6.45, 7) is 0.577. The Morgan fingerprint density at radius 1 is 1.06 bits per heavy atom. The smallest absolute Gasteiger partial charge is 0.264 e. The van der Waals surface area contributed by atoms with Gasteiger partial charge in [0, 0.05) is 16.6 Å². The molecule has 3 aromatic carbocycles. The summed E-state index contributed by atoms with van der Waals surface area (Å²) in [5, 5.41) is 11.5. The number of fused-ring (bicyclic) bond motifs is 2. The molecule has 7 heteroatoms. The maximum Gasteiger partial charge on any atom is 0.264 e. The monoisotopic (exact) mass is 519 g/mol. The van der Waals surface area contributed by atoms with E-state index >= 15 is 0 Å². The fourth-order valence-corrected chi connectivity index (χ4v) is 4.68. The van der Waals surface area contributed by atoms with Crippen LogP contribution in [0.25, 0.3) is 6.08 Å². The van der Waals surface area contributed by atoms with E-state index in [0.29, 0.717) is 35.7 Å². The van der Waals surface area contributed by atoms with Gasteiger partial charge >= 0.3 is 0 Å². The van der Waals surface area contributed by atoms with Crippen LogP contribution in [0.15, 0.2) is 77.3 Å². The number of anilines is 1. The average Bonchev–Trinajstić information content (AvgIpc) is 3.38. The van der Waals surface area contributed by atoms with Crippen LogP contribution in [0.5, 0.6) is 11.5 Å². The normalized spacial score (nSPS) is 18.5. The van der Waals surface area contributed by atoms with Gasteiger partial charge in [0.2, 0.25) is 6.79 Å². The topological polar surface area (TPSA) is 76.1 Å². The van der Waals surface area contributed by atoms with Crippen LogP contribution in [0.4, 0.5) is 5.69 Å². The largest absolute Gasteiger partial charge is 0.454 e. The fourth-order valence-electron chi connectivity index (χ4n) is 4.32. The molecule has 1 amide bonds. The zero-order valence-corrected chi connectivity index (χ0v) is 19.8. The summed E-state index contributed by atoms with van der Waals surface area (Å²) >= 11 is 3.42. The van der Waals surface area contributed by atoms with Crippen molar-refractivity contribution in [3.8, 4) is 11.5 Å². The number of ketones is 1. The summed E-state index contributed by atoms with van der Waals surface area (Å²) < 4.78 is 11.4. The molecule has 2 aliphatic heterocycles. The summed E-state index contributed by atoms with van der Waals surface area (Å²) in [6, 6.07) is 20.6. The van der Waals surface area contributed by atoms with Gasteiger partial charge in [0.25, 0.3) is 5.91 Å². The van der Waals surface area contributed by atoms with Gasteiger partial charge in [-0.05, 0) is 54.0 Å². The Balaban J connectivity index is 1.36. The lowest BCUT2D eigenvalue weighted by Gasteiger charge is -2.22. The molecule has 0 aliphatic carbocycles. The minimum Gasteiger partial charge on any atom is -0.454 e. The van der Waals surface area contributed by atoms with E-state index in [1.165, 1.54) is 6.08 Å². The summed E-state index contributed by atoms with van der Waals surface area (Å²) in [5.41, 5.74) is 0.984. The van der Waals surface area contributed by atoms with Crippen LogP contribution in [-0.2, 0) is 21.6 Å². The Kier molecular flexibility index (Phi) is 5.98. The van der Waals surface area contributed by atoms with Gasteiger partial charge in [-0.1, -0.05) is 58.4 Å². The number of ether oxygens (including phenoxy) is 2. The second-order valence-corrected chi connectivity index (χ2v) is 9.22. The fraction of sp³-hybridized carbons (Fsp3) is 0.185. The van der Waals surface area contributed by atoms with Gasteiger partial charge in [-0.15, -0.1) is 0 Å². The summed E-state index contributed by atoms with van der Waals surface area (Å²) in [4.78, 5) is 27.8. The van der Waals surface area contributed by atoms with Crippen LogP contribution < -0.4 is 14.4 Å². The van der Waals surface area contributed by atoms with Crippen molar-refractivity contribution in [2.75, 3.05) is 18.2 Å². The van der Waals surface area contributed by atoms with Crippen LogP contribution in [0.1, 0.15) is 23.1 Å². The van der Waals surface area contributed by atoms with Crippen molar-refractivity contribution in [2.24, 2.45) is 0 Å². The molecule has 5 rings (SSSR count). The molecule has 1 atom stereocenters. The number of hydrogen-bond acceptors (Lipinski definition) is 5. The summed E-state index contributed by atoms with van der Waals surface area (Å²) in [6.07, 6.45) is 3.31. The minimum absolute atomic E-state index is 0.173. The maximum absolute atomic E-state index is 13.4. The molecular formula is C27H22BrNO5. The van der Waals surface area contributed by atoms with Gasteiger partial charge in [0.1, 0.15) is 0 Å². The van der Waals surface area contributed by atoms with E-state index in [1.54, 1.807) is 35.2 Å². The van der Waals surface area contributed by atoms with Gasteiger partial charge in [-0.3, -0.25) is 9.59 Å². The average molecular weight is 520 g/mol. The molecule has 0 aromatic heterocycles. The molecular weight excluding hydrogens is 498 g/mol. The number of rotatable bonds is 7. The number of nitrogens with zero attached hydrogens (tertiary/aromatic N) is 1. The standard InChI is InChI=1S/C27H22BrNO5/c28-20-8-10-23-22(15-20)27(32,26(31)29(23)13-12-18-4-2-1-3-5-18)16-21(30)9-6-19-7-11-24-25(14-19)34-17-33-24/h1-11,14-15,32H,12-13,16-17H2/b9-6+/t27-/m1/s1. The third-order valence-electron chi connectivity index (χ3n) is 6.05. The second kappa shape index (κ2) is 9.08. The van der Waals surface area contributed by atoms with Crippen molar-refractivity contribution < 1.29 is 24.2 Å². The van der Waals surface area contributed by atoms with Gasteiger partial charge in [0.15, 0.2) is 22.9 Å². The molecule has 0 bridgehead atoms. The van der Waals surface area contributed by atoms with Gasteiger partial charge in [-0.25, -0.2) is 0 Å². The molecule has 172 valence electrons. The van der Waals surface area contributed by atoms with E-state index in [2.05, 4.69) is 15.9 Å². The first-order chi connectivity index (χ1) is 16.4. The lowest BCUT2D eigenvalue weighted by Crippen LogP contribution is -2.42. The third-order valence-corrected chi connectivity index (χ3v) is 6.54. The highest BCUT2D eigenvalue weighted by atomic mass is 79.9.